The Kier molecular flexibility index (Phi) is 3.07. The first-order valence-corrected chi connectivity index (χ1v) is 6.67. The van der Waals surface area contributed by atoms with Crippen molar-refractivity contribution in [3.63, 3.8) is 0 Å². The molecule has 2 N–H and O–H groups in total. The molecule has 6 nitrogen and oxygen atoms in total. The first kappa shape index (κ1) is 12.9. The summed E-state index contributed by atoms with van der Waals surface area (Å²) in [6.45, 7) is 0.484. The molecule has 0 bridgehead atoms. The Hall–Kier alpha value is -2.13. The Bertz CT molecular complexity index is 600. The van der Waals surface area contributed by atoms with Crippen molar-refractivity contribution >= 4 is 11.8 Å². The highest BCUT2D eigenvalue weighted by molar-refractivity contribution is 5.83. The number of carbonyl (C=O) groups is 1. The number of nitrogens with zero attached hydrogens (tertiary/aromatic N) is 2. The van der Waals surface area contributed by atoms with E-state index in [2.05, 4.69) is 16.4 Å². The molecule has 6 heteroatoms. The molecule has 0 aromatic carbocycles. The molecule has 1 aromatic heterocycles. The zero-order chi connectivity index (χ0) is 14.2. The number of ether oxygens (including phenoxy) is 1. The van der Waals surface area contributed by atoms with Gasteiger partial charge in [-0.05, 0) is 30.9 Å². The molecule has 1 atom stereocenters. The molecular formula is C14H15N3O3. The molecule has 0 saturated carbocycles. The lowest BCUT2D eigenvalue weighted by Gasteiger charge is -2.25. The standard InChI is InChI=1S/C14H15N3O3/c15-7-10-6-9-2-1-3-11(9)16-12(10)17-14(13(18)19)4-5-20-8-14/h6H,1-5,8H2,(H,16,17)(H,18,19). The van der Waals surface area contributed by atoms with Crippen LogP contribution >= 0.6 is 0 Å². The molecule has 0 spiro atoms. The van der Waals surface area contributed by atoms with Crippen LogP contribution in [0.15, 0.2) is 6.07 Å². The Morgan fingerprint density at radius 2 is 2.40 bits per heavy atom. The Labute approximate surface area is 116 Å². The first-order chi connectivity index (χ1) is 9.64. The lowest BCUT2D eigenvalue weighted by Crippen LogP contribution is -2.47. The van der Waals surface area contributed by atoms with Crippen LogP contribution in [-0.4, -0.2) is 34.8 Å². The molecular weight excluding hydrogens is 258 g/mol. The van der Waals surface area contributed by atoms with Gasteiger partial charge in [-0.3, -0.25) is 0 Å². The van der Waals surface area contributed by atoms with Crippen LogP contribution in [0.25, 0.3) is 0 Å². The van der Waals surface area contributed by atoms with Crippen LogP contribution in [0.1, 0.15) is 29.7 Å². The molecule has 104 valence electrons. The van der Waals surface area contributed by atoms with Crippen LogP contribution in [0.5, 0.6) is 0 Å². The number of fused-ring (bicyclic) bond motifs is 1. The van der Waals surface area contributed by atoms with Gasteiger partial charge in [0.15, 0.2) is 5.54 Å². The van der Waals surface area contributed by atoms with E-state index in [1.54, 1.807) is 0 Å². The summed E-state index contributed by atoms with van der Waals surface area (Å²) in [5.74, 6) is -0.609. The van der Waals surface area contributed by atoms with E-state index >= 15 is 0 Å². The third-order valence-corrected chi connectivity index (χ3v) is 3.96. The number of pyridine rings is 1. The van der Waals surface area contributed by atoms with Crippen molar-refractivity contribution in [2.45, 2.75) is 31.2 Å². The number of anilines is 1. The second-order valence-corrected chi connectivity index (χ2v) is 5.27. The number of aryl methyl sites for hydroxylation is 2. The van der Waals surface area contributed by atoms with Crippen LogP contribution in [0.2, 0.25) is 0 Å². The van der Waals surface area contributed by atoms with Crippen molar-refractivity contribution in [1.82, 2.24) is 4.98 Å². The smallest absolute Gasteiger partial charge is 0.331 e. The summed E-state index contributed by atoms with van der Waals surface area (Å²) in [6.07, 6.45) is 3.21. The van der Waals surface area contributed by atoms with Gasteiger partial charge < -0.3 is 15.2 Å². The van der Waals surface area contributed by atoms with Crippen LogP contribution in [0.4, 0.5) is 5.82 Å². The van der Waals surface area contributed by atoms with Crippen molar-refractivity contribution in [1.29, 1.82) is 5.26 Å². The number of aliphatic carboxylic acids is 1. The fourth-order valence-electron chi connectivity index (χ4n) is 2.76. The number of nitrogens with one attached hydrogen (secondary N) is 1. The van der Waals surface area contributed by atoms with Crippen molar-refractivity contribution < 1.29 is 14.6 Å². The highest BCUT2D eigenvalue weighted by atomic mass is 16.5. The molecule has 2 heterocycles. The van der Waals surface area contributed by atoms with Gasteiger partial charge in [-0.2, -0.15) is 5.26 Å². The molecule has 3 rings (SSSR count). The molecule has 1 aromatic rings. The molecule has 1 saturated heterocycles. The van der Waals surface area contributed by atoms with Gasteiger partial charge in [0.05, 0.1) is 12.2 Å². The highest BCUT2D eigenvalue weighted by Crippen LogP contribution is 2.29. The summed E-state index contributed by atoms with van der Waals surface area (Å²) in [7, 11) is 0. The fourth-order valence-corrected chi connectivity index (χ4v) is 2.76. The maximum atomic E-state index is 11.5. The van der Waals surface area contributed by atoms with E-state index in [4.69, 9.17) is 4.74 Å². The van der Waals surface area contributed by atoms with Gasteiger partial charge in [0.1, 0.15) is 11.9 Å². The Morgan fingerprint density at radius 1 is 1.55 bits per heavy atom. The van der Waals surface area contributed by atoms with Crippen molar-refractivity contribution in [2.24, 2.45) is 0 Å². The van der Waals surface area contributed by atoms with E-state index in [0.29, 0.717) is 24.4 Å². The quantitative estimate of drug-likeness (QED) is 0.856. The van der Waals surface area contributed by atoms with Gasteiger partial charge in [0, 0.05) is 18.7 Å². The second kappa shape index (κ2) is 4.76. The van der Waals surface area contributed by atoms with Crippen LogP contribution in [-0.2, 0) is 22.4 Å². The summed E-state index contributed by atoms with van der Waals surface area (Å²) in [5.41, 5.74) is 1.29. The van der Waals surface area contributed by atoms with Gasteiger partial charge in [-0.15, -0.1) is 0 Å². The van der Waals surface area contributed by atoms with Crippen LogP contribution in [0, 0.1) is 11.3 Å². The van der Waals surface area contributed by atoms with E-state index in [1.165, 1.54) is 0 Å². The normalized spacial score (nSPS) is 24.1. The predicted molar refractivity (Wildman–Crippen MR) is 70.4 cm³/mol. The molecule has 20 heavy (non-hydrogen) atoms. The minimum atomic E-state index is -1.18. The summed E-state index contributed by atoms with van der Waals surface area (Å²) in [4.78, 5) is 16.0. The zero-order valence-electron chi connectivity index (χ0n) is 11.0. The van der Waals surface area contributed by atoms with Crippen molar-refractivity contribution in [2.75, 3.05) is 18.5 Å². The number of nitriles is 1. The average molecular weight is 273 g/mol. The molecule has 1 aliphatic carbocycles. The topological polar surface area (TPSA) is 95.2 Å². The first-order valence-electron chi connectivity index (χ1n) is 6.67. The Morgan fingerprint density at radius 3 is 3.05 bits per heavy atom. The highest BCUT2D eigenvalue weighted by Gasteiger charge is 2.43. The van der Waals surface area contributed by atoms with E-state index in [1.807, 2.05) is 6.07 Å². The largest absolute Gasteiger partial charge is 0.479 e. The van der Waals surface area contributed by atoms with Gasteiger partial charge in [-0.1, -0.05) is 0 Å². The number of carboxylic acid groups (broad SMARTS) is 1. The van der Waals surface area contributed by atoms with Crippen LogP contribution in [0.3, 0.4) is 0 Å². The molecule has 0 radical (unpaired) electrons. The lowest BCUT2D eigenvalue weighted by atomic mass is 9.98. The third-order valence-electron chi connectivity index (χ3n) is 3.96. The number of rotatable bonds is 3. The van der Waals surface area contributed by atoms with E-state index in [9.17, 15) is 15.2 Å². The lowest BCUT2D eigenvalue weighted by molar-refractivity contribution is -0.142. The van der Waals surface area contributed by atoms with Crippen LogP contribution < -0.4 is 5.32 Å². The molecule has 1 unspecified atom stereocenters. The monoisotopic (exact) mass is 273 g/mol. The summed E-state index contributed by atoms with van der Waals surface area (Å²) in [6, 6.07) is 3.92. The van der Waals surface area contributed by atoms with Gasteiger partial charge in [-0.25, -0.2) is 9.78 Å². The fraction of sp³-hybridized carbons (Fsp3) is 0.500. The van der Waals surface area contributed by atoms with Gasteiger partial charge in [0.25, 0.3) is 0 Å². The molecule has 0 amide bonds. The maximum absolute atomic E-state index is 11.5. The summed E-state index contributed by atoms with van der Waals surface area (Å²) in [5, 5.41) is 21.6. The van der Waals surface area contributed by atoms with Gasteiger partial charge >= 0.3 is 5.97 Å². The predicted octanol–water partition coefficient (Wildman–Crippen LogP) is 1.10. The minimum Gasteiger partial charge on any atom is -0.479 e. The summed E-state index contributed by atoms with van der Waals surface area (Å²) >= 11 is 0. The van der Waals surface area contributed by atoms with E-state index < -0.39 is 11.5 Å². The molecule has 1 aliphatic heterocycles. The maximum Gasteiger partial charge on any atom is 0.331 e. The zero-order valence-corrected chi connectivity index (χ0v) is 11.0. The number of hydrogen-bond donors (Lipinski definition) is 2. The van der Waals surface area contributed by atoms with Crippen molar-refractivity contribution in [3.8, 4) is 6.07 Å². The SMILES string of the molecule is N#Cc1cc2c(nc1NC1(C(=O)O)CCOC1)CCC2. The minimum absolute atomic E-state index is 0.0893. The van der Waals surface area contributed by atoms with Gasteiger partial charge in [0.2, 0.25) is 0 Å². The van der Waals surface area contributed by atoms with Crippen molar-refractivity contribution in [3.05, 3.63) is 22.9 Å². The average Bonchev–Trinajstić information content (AvgIpc) is 3.07. The Balaban J connectivity index is 1.98. The second-order valence-electron chi connectivity index (χ2n) is 5.27. The molecule has 1 fully saturated rings. The number of carboxylic acids is 1. The molecule has 2 aliphatic rings. The van der Waals surface area contributed by atoms with E-state index in [0.717, 1.165) is 30.5 Å². The summed E-state index contributed by atoms with van der Waals surface area (Å²) < 4.78 is 5.21. The number of aromatic nitrogens is 1. The number of hydrogen-bond acceptors (Lipinski definition) is 5. The van der Waals surface area contributed by atoms with E-state index in [-0.39, 0.29) is 6.61 Å². The third kappa shape index (κ3) is 2.00.